The summed E-state index contributed by atoms with van der Waals surface area (Å²) in [6.07, 6.45) is 3.75. The van der Waals surface area contributed by atoms with Crippen molar-refractivity contribution in [2.45, 2.75) is 38.3 Å². The van der Waals surface area contributed by atoms with Gasteiger partial charge in [-0.25, -0.2) is 0 Å². The minimum absolute atomic E-state index is 0.00982. The molecule has 1 fully saturated rings. The second-order valence-electron chi connectivity index (χ2n) is 5.38. The summed E-state index contributed by atoms with van der Waals surface area (Å²) in [5.41, 5.74) is 2.21. The monoisotopic (exact) mass is 277 g/mol. The van der Waals surface area contributed by atoms with E-state index in [0.29, 0.717) is 6.61 Å². The first-order chi connectivity index (χ1) is 9.70. The number of piperidine rings is 1. The zero-order chi connectivity index (χ0) is 14.4. The van der Waals surface area contributed by atoms with Crippen LogP contribution in [0.3, 0.4) is 0 Å². The van der Waals surface area contributed by atoms with E-state index in [-0.39, 0.29) is 12.5 Å². The second-order valence-corrected chi connectivity index (χ2v) is 5.38. The molecule has 0 amide bonds. The number of carboxylic acid groups (broad SMARTS) is 1. The molecule has 0 saturated carbocycles. The summed E-state index contributed by atoms with van der Waals surface area (Å²) in [4.78, 5) is 13.5. The van der Waals surface area contributed by atoms with Gasteiger partial charge in [0.05, 0.1) is 13.0 Å². The number of hydrogen-bond donors (Lipinski definition) is 1. The SMILES string of the molecule is COCc1ccc(C(CC(=O)O)N2CCCCC2)cc1. The molecule has 0 spiro atoms. The van der Waals surface area contributed by atoms with Crippen molar-refractivity contribution in [3.8, 4) is 0 Å². The van der Waals surface area contributed by atoms with Crippen LogP contribution in [0.1, 0.15) is 42.9 Å². The first-order valence-electron chi connectivity index (χ1n) is 7.24. The predicted octanol–water partition coefficient (Wildman–Crippen LogP) is 2.83. The Balaban J connectivity index is 2.14. The molecule has 1 heterocycles. The number of hydrogen-bond acceptors (Lipinski definition) is 3. The molecule has 1 aromatic rings. The predicted molar refractivity (Wildman–Crippen MR) is 77.6 cm³/mol. The fraction of sp³-hybridized carbons (Fsp3) is 0.562. The van der Waals surface area contributed by atoms with Crippen LogP contribution in [-0.2, 0) is 16.1 Å². The van der Waals surface area contributed by atoms with Gasteiger partial charge in [0.25, 0.3) is 0 Å². The van der Waals surface area contributed by atoms with Gasteiger partial charge in [-0.2, -0.15) is 0 Å². The molecule has 1 unspecified atom stereocenters. The molecule has 1 aliphatic heterocycles. The van der Waals surface area contributed by atoms with Crippen molar-refractivity contribution in [1.82, 2.24) is 4.90 Å². The average Bonchev–Trinajstić information content (AvgIpc) is 2.47. The number of carboxylic acids is 1. The number of benzene rings is 1. The number of likely N-dealkylation sites (tertiary alicyclic amines) is 1. The van der Waals surface area contributed by atoms with Gasteiger partial charge in [-0.15, -0.1) is 0 Å². The minimum atomic E-state index is -0.735. The summed E-state index contributed by atoms with van der Waals surface area (Å²) in [5.74, 6) is -0.735. The molecule has 4 nitrogen and oxygen atoms in total. The van der Waals surface area contributed by atoms with E-state index in [1.165, 1.54) is 6.42 Å². The van der Waals surface area contributed by atoms with Gasteiger partial charge in [0.1, 0.15) is 0 Å². The van der Waals surface area contributed by atoms with E-state index in [4.69, 9.17) is 9.84 Å². The van der Waals surface area contributed by atoms with Crippen molar-refractivity contribution in [1.29, 1.82) is 0 Å². The van der Waals surface area contributed by atoms with Gasteiger partial charge in [0, 0.05) is 13.2 Å². The van der Waals surface area contributed by atoms with Crippen LogP contribution in [0.4, 0.5) is 0 Å². The summed E-state index contributed by atoms with van der Waals surface area (Å²) in [5, 5.41) is 9.17. The van der Waals surface area contributed by atoms with Crippen LogP contribution in [0.2, 0.25) is 0 Å². The highest BCUT2D eigenvalue weighted by molar-refractivity contribution is 5.68. The Morgan fingerprint density at radius 2 is 1.90 bits per heavy atom. The quantitative estimate of drug-likeness (QED) is 0.868. The Bertz CT molecular complexity index is 424. The molecule has 1 aliphatic rings. The topological polar surface area (TPSA) is 49.8 Å². The number of ether oxygens (including phenoxy) is 1. The second kappa shape index (κ2) is 7.41. The van der Waals surface area contributed by atoms with Crippen molar-refractivity contribution in [3.63, 3.8) is 0 Å². The van der Waals surface area contributed by atoms with E-state index in [1.807, 2.05) is 24.3 Å². The number of rotatable bonds is 6. The van der Waals surface area contributed by atoms with E-state index >= 15 is 0 Å². The Morgan fingerprint density at radius 3 is 2.45 bits per heavy atom. The van der Waals surface area contributed by atoms with Gasteiger partial charge in [0.15, 0.2) is 0 Å². The van der Waals surface area contributed by atoms with Crippen molar-refractivity contribution >= 4 is 5.97 Å². The average molecular weight is 277 g/mol. The number of carbonyl (C=O) groups is 1. The molecule has 1 atom stereocenters. The Morgan fingerprint density at radius 1 is 1.25 bits per heavy atom. The van der Waals surface area contributed by atoms with Gasteiger partial charge in [-0.05, 0) is 37.1 Å². The fourth-order valence-corrected chi connectivity index (χ4v) is 2.86. The summed E-state index contributed by atoms with van der Waals surface area (Å²) in [6, 6.07) is 8.12. The molecule has 4 heteroatoms. The van der Waals surface area contributed by atoms with Crippen molar-refractivity contribution < 1.29 is 14.6 Å². The largest absolute Gasteiger partial charge is 0.481 e. The normalized spacial score (nSPS) is 17.9. The molecule has 0 aliphatic carbocycles. The lowest BCUT2D eigenvalue weighted by atomic mass is 9.98. The number of aliphatic carboxylic acids is 1. The van der Waals surface area contributed by atoms with Crippen LogP contribution >= 0.6 is 0 Å². The molecule has 0 bridgehead atoms. The van der Waals surface area contributed by atoms with E-state index in [0.717, 1.165) is 37.1 Å². The Hall–Kier alpha value is -1.39. The highest BCUT2D eigenvalue weighted by Gasteiger charge is 2.24. The lowest BCUT2D eigenvalue weighted by Crippen LogP contribution is -2.34. The molecular weight excluding hydrogens is 254 g/mol. The van der Waals surface area contributed by atoms with Gasteiger partial charge in [-0.3, -0.25) is 9.69 Å². The van der Waals surface area contributed by atoms with Crippen LogP contribution in [0.25, 0.3) is 0 Å². The molecule has 1 aromatic carbocycles. The summed E-state index contributed by atoms with van der Waals surface area (Å²) in [7, 11) is 1.68. The summed E-state index contributed by atoms with van der Waals surface area (Å²) < 4.78 is 5.10. The number of methoxy groups -OCH3 is 1. The summed E-state index contributed by atoms with van der Waals surface area (Å²) >= 11 is 0. The van der Waals surface area contributed by atoms with Gasteiger partial charge in [0.2, 0.25) is 0 Å². The van der Waals surface area contributed by atoms with Crippen molar-refractivity contribution in [2.75, 3.05) is 20.2 Å². The standard InChI is InChI=1S/C16H23NO3/c1-20-12-13-5-7-14(8-6-13)15(11-16(18)19)17-9-3-2-4-10-17/h5-8,15H,2-4,9-12H2,1H3,(H,18,19). The molecule has 0 radical (unpaired) electrons. The third kappa shape index (κ3) is 4.05. The third-order valence-electron chi connectivity index (χ3n) is 3.87. The van der Waals surface area contributed by atoms with Crippen molar-refractivity contribution in [3.05, 3.63) is 35.4 Å². The van der Waals surface area contributed by atoms with Crippen LogP contribution in [0, 0.1) is 0 Å². The Kier molecular flexibility index (Phi) is 5.56. The Labute approximate surface area is 120 Å². The van der Waals surface area contributed by atoms with Crippen molar-refractivity contribution in [2.24, 2.45) is 0 Å². The molecule has 110 valence electrons. The first kappa shape index (κ1) is 15.0. The van der Waals surface area contributed by atoms with Crippen LogP contribution < -0.4 is 0 Å². The smallest absolute Gasteiger partial charge is 0.305 e. The lowest BCUT2D eigenvalue weighted by molar-refractivity contribution is -0.138. The highest BCUT2D eigenvalue weighted by atomic mass is 16.5. The maximum atomic E-state index is 11.1. The highest BCUT2D eigenvalue weighted by Crippen LogP contribution is 2.28. The zero-order valence-corrected chi connectivity index (χ0v) is 12.0. The first-order valence-corrected chi connectivity index (χ1v) is 7.24. The fourth-order valence-electron chi connectivity index (χ4n) is 2.86. The molecular formula is C16H23NO3. The maximum Gasteiger partial charge on any atom is 0.305 e. The zero-order valence-electron chi connectivity index (χ0n) is 12.0. The van der Waals surface area contributed by atoms with E-state index < -0.39 is 5.97 Å². The third-order valence-corrected chi connectivity index (χ3v) is 3.87. The van der Waals surface area contributed by atoms with Crippen LogP contribution in [-0.4, -0.2) is 36.2 Å². The number of nitrogens with zero attached hydrogens (tertiary/aromatic N) is 1. The summed E-state index contributed by atoms with van der Waals surface area (Å²) in [6.45, 7) is 2.59. The maximum absolute atomic E-state index is 11.1. The van der Waals surface area contributed by atoms with E-state index in [1.54, 1.807) is 7.11 Å². The van der Waals surface area contributed by atoms with E-state index in [9.17, 15) is 4.79 Å². The molecule has 20 heavy (non-hydrogen) atoms. The molecule has 2 rings (SSSR count). The van der Waals surface area contributed by atoms with Gasteiger partial charge >= 0.3 is 5.97 Å². The van der Waals surface area contributed by atoms with Crippen LogP contribution in [0.5, 0.6) is 0 Å². The molecule has 1 N–H and O–H groups in total. The minimum Gasteiger partial charge on any atom is -0.481 e. The van der Waals surface area contributed by atoms with Gasteiger partial charge < -0.3 is 9.84 Å². The van der Waals surface area contributed by atoms with E-state index in [2.05, 4.69) is 4.90 Å². The lowest BCUT2D eigenvalue weighted by Gasteiger charge is -2.34. The van der Waals surface area contributed by atoms with Crippen LogP contribution in [0.15, 0.2) is 24.3 Å². The molecule has 1 saturated heterocycles. The molecule has 0 aromatic heterocycles. The van der Waals surface area contributed by atoms with Gasteiger partial charge in [-0.1, -0.05) is 30.7 Å².